The van der Waals surface area contributed by atoms with Gasteiger partial charge in [0.1, 0.15) is 11.8 Å². The van der Waals surface area contributed by atoms with E-state index < -0.39 is 0 Å². The minimum Gasteiger partial charge on any atom is -0.382 e. The van der Waals surface area contributed by atoms with E-state index in [1.54, 1.807) is 17.2 Å². The predicted molar refractivity (Wildman–Crippen MR) is 105 cm³/mol. The third-order valence-corrected chi connectivity index (χ3v) is 4.47. The molecule has 3 N–H and O–H groups in total. The quantitative estimate of drug-likeness (QED) is 0.505. The summed E-state index contributed by atoms with van der Waals surface area (Å²) in [6, 6.07) is 10.0. The van der Waals surface area contributed by atoms with Gasteiger partial charge in [0.25, 0.3) is 0 Å². The van der Waals surface area contributed by atoms with Crippen molar-refractivity contribution in [3.05, 3.63) is 55.5 Å². The summed E-state index contributed by atoms with van der Waals surface area (Å²) in [4.78, 5) is 28.7. The maximum atomic E-state index is 12.2. The Morgan fingerprint density at radius 3 is 2.75 bits per heavy atom. The fourth-order valence-corrected chi connectivity index (χ4v) is 3.04. The first kappa shape index (κ1) is 17.7. The number of nitrogens with zero attached hydrogens (tertiary/aromatic N) is 6. The van der Waals surface area contributed by atoms with E-state index in [1.165, 1.54) is 6.33 Å². The molecule has 0 radical (unpaired) electrons. The zero-order valence-corrected chi connectivity index (χ0v) is 15.2. The van der Waals surface area contributed by atoms with Crippen LogP contribution in [0.4, 0.5) is 5.82 Å². The summed E-state index contributed by atoms with van der Waals surface area (Å²) in [6.07, 6.45) is 6.95. The number of nitrogen functional groups attached to an aromatic ring is 1. The minimum atomic E-state index is -0.0368. The zero-order valence-electron chi connectivity index (χ0n) is 15.2. The molecule has 142 valence electrons. The lowest BCUT2D eigenvalue weighted by Gasteiger charge is -2.10. The van der Waals surface area contributed by atoms with Gasteiger partial charge < -0.3 is 20.2 Å². The Labute approximate surface area is 161 Å². The van der Waals surface area contributed by atoms with Crippen LogP contribution in [0.2, 0.25) is 0 Å². The molecular formula is C19H20N8O. The summed E-state index contributed by atoms with van der Waals surface area (Å²) < 4.78 is 3.83. The topological polar surface area (TPSA) is 117 Å². The van der Waals surface area contributed by atoms with Crippen molar-refractivity contribution >= 4 is 22.9 Å². The van der Waals surface area contributed by atoms with Crippen molar-refractivity contribution in [3.63, 3.8) is 0 Å². The molecule has 0 saturated carbocycles. The third-order valence-electron chi connectivity index (χ3n) is 4.47. The molecule has 3 aromatic heterocycles. The molecule has 0 fully saturated rings. The van der Waals surface area contributed by atoms with Crippen LogP contribution in [-0.2, 0) is 17.9 Å². The molecule has 1 amide bonds. The van der Waals surface area contributed by atoms with E-state index in [0.29, 0.717) is 43.0 Å². The van der Waals surface area contributed by atoms with Gasteiger partial charge in [0.15, 0.2) is 11.5 Å². The second-order valence-corrected chi connectivity index (χ2v) is 6.31. The van der Waals surface area contributed by atoms with Crippen LogP contribution in [0, 0.1) is 0 Å². The van der Waals surface area contributed by atoms with Crippen molar-refractivity contribution < 1.29 is 4.79 Å². The molecule has 0 spiro atoms. The summed E-state index contributed by atoms with van der Waals surface area (Å²) in [7, 11) is 0. The molecule has 0 aliphatic heterocycles. The molecule has 0 bridgehead atoms. The van der Waals surface area contributed by atoms with Gasteiger partial charge in [0.2, 0.25) is 5.91 Å². The van der Waals surface area contributed by atoms with Crippen molar-refractivity contribution in [1.82, 2.24) is 34.4 Å². The number of aromatic nitrogens is 6. The van der Waals surface area contributed by atoms with Crippen LogP contribution in [-0.4, -0.2) is 41.5 Å². The number of carbonyl (C=O) groups excluding carboxylic acids is 1. The van der Waals surface area contributed by atoms with Gasteiger partial charge in [-0.3, -0.25) is 4.79 Å². The molecule has 0 aliphatic rings. The number of fused-ring (bicyclic) bond motifs is 1. The van der Waals surface area contributed by atoms with E-state index in [9.17, 15) is 4.79 Å². The number of amides is 1. The molecule has 1 aromatic carbocycles. The predicted octanol–water partition coefficient (Wildman–Crippen LogP) is 1.48. The number of imidazole rings is 2. The Hall–Kier alpha value is -3.75. The summed E-state index contributed by atoms with van der Waals surface area (Å²) in [5, 5.41) is 2.94. The van der Waals surface area contributed by atoms with Gasteiger partial charge >= 0.3 is 0 Å². The van der Waals surface area contributed by atoms with E-state index in [2.05, 4.69) is 25.3 Å². The van der Waals surface area contributed by atoms with Gasteiger partial charge in [0, 0.05) is 26.1 Å². The van der Waals surface area contributed by atoms with Gasteiger partial charge in [-0.1, -0.05) is 30.3 Å². The van der Waals surface area contributed by atoms with E-state index >= 15 is 0 Å². The Kier molecular flexibility index (Phi) is 4.96. The highest BCUT2D eigenvalue weighted by atomic mass is 16.1. The lowest BCUT2D eigenvalue weighted by atomic mass is 10.2. The molecular weight excluding hydrogens is 356 g/mol. The highest BCUT2D eigenvalue weighted by molar-refractivity contribution is 5.81. The fraction of sp³-hybridized carbons (Fsp3) is 0.211. The smallest absolute Gasteiger partial charge is 0.221 e. The molecule has 0 saturated heterocycles. The standard InChI is InChI=1S/C19H20N8O/c20-18-17-19(24-11-23-18)27(13-25-17)8-6-16(28)22-7-9-26-12-21-10-15(26)14-4-2-1-3-5-14/h1-5,10-13H,6-9H2,(H,22,28)(H2,20,23,24). The second kappa shape index (κ2) is 7.87. The van der Waals surface area contributed by atoms with Crippen LogP contribution in [0.5, 0.6) is 0 Å². The number of nitrogens with one attached hydrogen (secondary N) is 1. The van der Waals surface area contributed by atoms with Crippen LogP contribution < -0.4 is 11.1 Å². The number of aryl methyl sites for hydroxylation is 1. The molecule has 4 aromatic rings. The lowest BCUT2D eigenvalue weighted by molar-refractivity contribution is -0.121. The summed E-state index contributed by atoms with van der Waals surface area (Å²) in [5.41, 5.74) is 9.08. The molecule has 3 heterocycles. The number of nitrogens with two attached hydrogens (primary N) is 1. The normalized spacial score (nSPS) is 11.0. The molecule has 9 nitrogen and oxygen atoms in total. The van der Waals surface area contributed by atoms with Gasteiger partial charge in [-0.15, -0.1) is 0 Å². The SMILES string of the molecule is Nc1ncnc2c1ncn2CCC(=O)NCCn1cncc1-c1ccccc1. The molecule has 0 atom stereocenters. The van der Waals surface area contributed by atoms with Crippen molar-refractivity contribution in [2.75, 3.05) is 12.3 Å². The Bertz CT molecular complexity index is 1090. The number of anilines is 1. The number of carbonyl (C=O) groups is 1. The molecule has 28 heavy (non-hydrogen) atoms. The van der Waals surface area contributed by atoms with Gasteiger partial charge in [0.05, 0.1) is 24.5 Å². The first-order valence-electron chi connectivity index (χ1n) is 8.96. The molecule has 4 rings (SSSR count). The van der Waals surface area contributed by atoms with Gasteiger partial charge in [-0.25, -0.2) is 19.9 Å². The first-order chi connectivity index (χ1) is 13.7. The van der Waals surface area contributed by atoms with Crippen molar-refractivity contribution in [2.24, 2.45) is 0 Å². The summed E-state index contributed by atoms with van der Waals surface area (Å²) >= 11 is 0. The number of hydrogen-bond donors (Lipinski definition) is 2. The maximum Gasteiger partial charge on any atom is 0.221 e. The zero-order chi connectivity index (χ0) is 19.3. The maximum absolute atomic E-state index is 12.2. The molecule has 0 unspecified atom stereocenters. The van der Waals surface area contributed by atoms with Crippen LogP contribution in [0.3, 0.4) is 0 Å². The van der Waals surface area contributed by atoms with E-state index in [4.69, 9.17) is 5.73 Å². The Morgan fingerprint density at radius 2 is 1.89 bits per heavy atom. The Morgan fingerprint density at radius 1 is 1.04 bits per heavy atom. The fourth-order valence-electron chi connectivity index (χ4n) is 3.04. The minimum absolute atomic E-state index is 0.0368. The van der Waals surface area contributed by atoms with Crippen molar-refractivity contribution in [1.29, 1.82) is 0 Å². The first-order valence-corrected chi connectivity index (χ1v) is 8.96. The van der Waals surface area contributed by atoms with Gasteiger partial charge in [-0.2, -0.15) is 0 Å². The average Bonchev–Trinajstić information content (AvgIpc) is 3.35. The van der Waals surface area contributed by atoms with E-state index in [-0.39, 0.29) is 5.91 Å². The number of hydrogen-bond acceptors (Lipinski definition) is 6. The van der Waals surface area contributed by atoms with Crippen molar-refractivity contribution in [3.8, 4) is 11.3 Å². The van der Waals surface area contributed by atoms with E-state index in [1.807, 2.05) is 41.1 Å². The highest BCUT2D eigenvalue weighted by Crippen LogP contribution is 2.18. The average molecular weight is 376 g/mol. The van der Waals surface area contributed by atoms with Crippen LogP contribution >= 0.6 is 0 Å². The molecule has 0 aliphatic carbocycles. The summed E-state index contributed by atoms with van der Waals surface area (Å²) in [5.74, 6) is 0.299. The lowest BCUT2D eigenvalue weighted by Crippen LogP contribution is -2.28. The largest absolute Gasteiger partial charge is 0.382 e. The van der Waals surface area contributed by atoms with Crippen LogP contribution in [0.1, 0.15) is 6.42 Å². The van der Waals surface area contributed by atoms with Crippen molar-refractivity contribution in [2.45, 2.75) is 19.5 Å². The second-order valence-electron chi connectivity index (χ2n) is 6.31. The van der Waals surface area contributed by atoms with E-state index in [0.717, 1.165) is 11.3 Å². The monoisotopic (exact) mass is 376 g/mol. The third kappa shape index (κ3) is 3.68. The van der Waals surface area contributed by atoms with Gasteiger partial charge in [-0.05, 0) is 5.56 Å². The molecule has 9 heteroatoms. The number of rotatable bonds is 7. The number of benzene rings is 1. The highest BCUT2D eigenvalue weighted by Gasteiger charge is 2.10. The van der Waals surface area contributed by atoms with Crippen LogP contribution in [0.15, 0.2) is 55.5 Å². The Balaban J connectivity index is 1.30. The summed E-state index contributed by atoms with van der Waals surface area (Å²) in [6.45, 7) is 1.64. The van der Waals surface area contributed by atoms with Crippen LogP contribution in [0.25, 0.3) is 22.4 Å².